The third-order valence-corrected chi connectivity index (χ3v) is 7.19. The summed E-state index contributed by atoms with van der Waals surface area (Å²) < 4.78 is 6.35. The summed E-state index contributed by atoms with van der Waals surface area (Å²) in [5.74, 6) is 0.921. The number of fused-ring (bicyclic) bond motifs is 1. The summed E-state index contributed by atoms with van der Waals surface area (Å²) in [6.07, 6.45) is 5.37. The highest BCUT2D eigenvalue weighted by molar-refractivity contribution is 14.0. The van der Waals surface area contributed by atoms with Crippen LogP contribution in [0.4, 0.5) is 0 Å². The second-order valence-electron chi connectivity index (χ2n) is 7.92. The third-order valence-electron chi connectivity index (χ3n) is 5.71. The average molecular weight is 516 g/mol. The molecule has 1 saturated carbocycles. The lowest BCUT2D eigenvalue weighted by atomic mass is 10.2. The fraction of sp³-hybridized carbons (Fsp3) is 0.667. The number of hydrogen-bond donors (Lipinski definition) is 2. The zero-order valence-corrected chi connectivity index (χ0v) is 19.9. The van der Waals surface area contributed by atoms with Crippen LogP contribution < -0.4 is 10.6 Å². The minimum atomic E-state index is 0. The largest absolute Gasteiger partial charge is 0.373 e. The zero-order valence-electron chi connectivity index (χ0n) is 16.7. The molecule has 2 aliphatic heterocycles. The van der Waals surface area contributed by atoms with E-state index < -0.39 is 0 Å². The van der Waals surface area contributed by atoms with Gasteiger partial charge in [0.1, 0.15) is 0 Å². The number of morpholine rings is 1. The number of halogens is 1. The number of guanidine groups is 1. The van der Waals surface area contributed by atoms with Crippen LogP contribution in [-0.2, 0) is 4.74 Å². The Kier molecular flexibility index (Phi) is 8.32. The highest BCUT2D eigenvalue weighted by Crippen LogP contribution is 2.51. The molecule has 0 bridgehead atoms. The van der Waals surface area contributed by atoms with Crippen molar-refractivity contribution in [2.24, 2.45) is 4.99 Å². The standard InChI is InChI=1S/C21H32N4OS.HI/c1-2-22-20(23-13-18-14-25-12-6-7-17(25)15-26-18)24-16-21(10-11-21)27-19-8-4-3-5-9-19;/h3-5,8-9,17-18H,2,6-7,10-16H2,1H3,(H2,22,23,24);1H. The predicted octanol–water partition coefficient (Wildman–Crippen LogP) is 3.35. The first kappa shape index (κ1) is 22.2. The van der Waals surface area contributed by atoms with E-state index >= 15 is 0 Å². The molecule has 7 heteroatoms. The summed E-state index contributed by atoms with van der Waals surface area (Å²) in [7, 11) is 0. The van der Waals surface area contributed by atoms with Crippen molar-refractivity contribution in [3.63, 3.8) is 0 Å². The van der Waals surface area contributed by atoms with Gasteiger partial charge in [0, 0.05) is 35.3 Å². The Labute approximate surface area is 190 Å². The number of rotatable bonds is 7. The molecule has 2 atom stereocenters. The molecule has 28 heavy (non-hydrogen) atoms. The summed E-state index contributed by atoms with van der Waals surface area (Å²) in [6, 6.07) is 11.4. The first-order valence-electron chi connectivity index (χ1n) is 10.4. The summed E-state index contributed by atoms with van der Waals surface area (Å²) in [5, 5.41) is 6.91. The van der Waals surface area contributed by atoms with Crippen LogP contribution in [0.15, 0.2) is 40.2 Å². The molecule has 0 spiro atoms. The smallest absolute Gasteiger partial charge is 0.191 e. The molecule has 2 saturated heterocycles. The van der Waals surface area contributed by atoms with E-state index in [1.165, 1.54) is 37.1 Å². The van der Waals surface area contributed by atoms with Gasteiger partial charge < -0.3 is 15.4 Å². The first-order valence-corrected chi connectivity index (χ1v) is 11.2. The van der Waals surface area contributed by atoms with Crippen LogP contribution in [0.3, 0.4) is 0 Å². The summed E-state index contributed by atoms with van der Waals surface area (Å²) in [5.41, 5.74) is 0. The topological polar surface area (TPSA) is 48.9 Å². The fourth-order valence-electron chi connectivity index (χ4n) is 3.95. The van der Waals surface area contributed by atoms with Gasteiger partial charge in [-0.05, 0) is 51.3 Å². The van der Waals surface area contributed by atoms with Gasteiger partial charge in [0.2, 0.25) is 0 Å². The Morgan fingerprint density at radius 1 is 1.29 bits per heavy atom. The molecule has 0 amide bonds. The second kappa shape index (κ2) is 10.5. The monoisotopic (exact) mass is 516 g/mol. The molecular weight excluding hydrogens is 483 g/mol. The van der Waals surface area contributed by atoms with Crippen LogP contribution in [0, 0.1) is 0 Å². The Bertz CT molecular complexity index is 641. The normalized spacial score (nSPS) is 26.2. The van der Waals surface area contributed by atoms with Crippen LogP contribution >= 0.6 is 35.7 Å². The number of hydrogen-bond acceptors (Lipinski definition) is 4. The van der Waals surface area contributed by atoms with E-state index in [4.69, 9.17) is 9.73 Å². The Balaban J connectivity index is 0.00000225. The third kappa shape index (κ3) is 6.00. The zero-order chi connectivity index (χ0) is 18.5. The molecule has 0 aromatic heterocycles. The van der Waals surface area contributed by atoms with Crippen molar-refractivity contribution in [2.45, 2.75) is 54.4 Å². The molecule has 4 rings (SSSR count). The van der Waals surface area contributed by atoms with Crippen molar-refractivity contribution in [1.29, 1.82) is 0 Å². The van der Waals surface area contributed by atoms with Crippen molar-refractivity contribution < 1.29 is 4.74 Å². The van der Waals surface area contributed by atoms with Gasteiger partial charge in [-0.1, -0.05) is 18.2 Å². The molecule has 2 heterocycles. The quantitative estimate of drug-likeness (QED) is 0.331. The SMILES string of the molecule is CCNC(=NCC1(Sc2ccccc2)CC1)NCC1CN2CCCC2CO1.I. The van der Waals surface area contributed by atoms with Crippen LogP contribution in [0.2, 0.25) is 0 Å². The van der Waals surface area contributed by atoms with Crippen molar-refractivity contribution in [3.8, 4) is 0 Å². The number of ether oxygens (including phenoxy) is 1. The molecule has 1 aromatic carbocycles. The van der Waals surface area contributed by atoms with Crippen molar-refractivity contribution in [3.05, 3.63) is 30.3 Å². The molecule has 1 aromatic rings. The maximum atomic E-state index is 6.07. The van der Waals surface area contributed by atoms with Gasteiger partial charge in [-0.15, -0.1) is 35.7 Å². The molecule has 156 valence electrons. The lowest BCUT2D eigenvalue weighted by molar-refractivity contribution is -0.0453. The molecule has 1 aliphatic carbocycles. The highest BCUT2D eigenvalue weighted by Gasteiger charge is 2.43. The second-order valence-corrected chi connectivity index (χ2v) is 9.46. The molecule has 3 aliphatic rings. The minimum Gasteiger partial charge on any atom is -0.373 e. The average Bonchev–Trinajstić information content (AvgIpc) is 3.29. The number of benzene rings is 1. The van der Waals surface area contributed by atoms with Crippen LogP contribution in [0.25, 0.3) is 0 Å². The number of nitrogens with zero attached hydrogens (tertiary/aromatic N) is 2. The van der Waals surface area contributed by atoms with Crippen molar-refractivity contribution in [1.82, 2.24) is 15.5 Å². The Hall–Kier alpha value is -0.510. The maximum absolute atomic E-state index is 6.07. The number of aliphatic imine (C=N–C) groups is 1. The molecule has 3 fully saturated rings. The lowest BCUT2D eigenvalue weighted by Crippen LogP contribution is -2.51. The van der Waals surface area contributed by atoms with Crippen molar-refractivity contribution >= 4 is 41.7 Å². The fourth-order valence-corrected chi connectivity index (χ4v) is 5.18. The first-order chi connectivity index (χ1) is 13.3. The Morgan fingerprint density at radius 3 is 2.86 bits per heavy atom. The predicted molar refractivity (Wildman–Crippen MR) is 128 cm³/mol. The van der Waals surface area contributed by atoms with Crippen LogP contribution in [-0.4, -0.2) is 67.1 Å². The van der Waals surface area contributed by atoms with Gasteiger partial charge in [0.05, 0.1) is 19.3 Å². The molecule has 2 unspecified atom stereocenters. The molecular formula is C21H33IN4OS. The van der Waals surface area contributed by atoms with E-state index in [2.05, 4.69) is 52.8 Å². The lowest BCUT2D eigenvalue weighted by Gasteiger charge is -2.35. The van der Waals surface area contributed by atoms with Crippen molar-refractivity contribution in [2.75, 3.05) is 39.3 Å². The van der Waals surface area contributed by atoms with Gasteiger partial charge in [-0.2, -0.15) is 0 Å². The van der Waals surface area contributed by atoms with Crippen LogP contribution in [0.1, 0.15) is 32.6 Å². The molecule has 0 radical (unpaired) electrons. The van der Waals surface area contributed by atoms with E-state index in [0.29, 0.717) is 6.04 Å². The molecule has 5 nitrogen and oxygen atoms in total. The number of nitrogens with one attached hydrogen (secondary N) is 2. The molecule has 2 N–H and O–H groups in total. The van der Waals surface area contributed by atoms with E-state index in [1.807, 2.05) is 11.8 Å². The summed E-state index contributed by atoms with van der Waals surface area (Å²) >= 11 is 1.98. The van der Waals surface area contributed by atoms with E-state index in [0.717, 1.165) is 38.7 Å². The maximum Gasteiger partial charge on any atom is 0.191 e. The van der Waals surface area contributed by atoms with Gasteiger partial charge >= 0.3 is 0 Å². The van der Waals surface area contributed by atoms with Gasteiger partial charge in [0.25, 0.3) is 0 Å². The highest BCUT2D eigenvalue weighted by atomic mass is 127. The van der Waals surface area contributed by atoms with E-state index in [9.17, 15) is 0 Å². The van der Waals surface area contributed by atoms with Gasteiger partial charge in [0.15, 0.2) is 5.96 Å². The van der Waals surface area contributed by atoms with Gasteiger partial charge in [-0.25, -0.2) is 0 Å². The summed E-state index contributed by atoms with van der Waals surface area (Å²) in [6.45, 7) is 7.86. The summed E-state index contributed by atoms with van der Waals surface area (Å²) in [4.78, 5) is 8.84. The Morgan fingerprint density at radius 2 is 2.11 bits per heavy atom. The van der Waals surface area contributed by atoms with E-state index in [1.54, 1.807) is 0 Å². The van der Waals surface area contributed by atoms with Gasteiger partial charge in [-0.3, -0.25) is 9.89 Å². The minimum absolute atomic E-state index is 0. The van der Waals surface area contributed by atoms with Crippen LogP contribution in [0.5, 0.6) is 0 Å². The number of thioether (sulfide) groups is 1. The van der Waals surface area contributed by atoms with E-state index in [-0.39, 0.29) is 34.8 Å².